The lowest BCUT2D eigenvalue weighted by molar-refractivity contribution is 0.0754. The number of benzene rings is 2. The van der Waals surface area contributed by atoms with Crippen LogP contribution >= 0.6 is 0 Å². The molecule has 4 rings (SSSR count). The van der Waals surface area contributed by atoms with Crippen LogP contribution in [0, 0.1) is 0 Å². The fourth-order valence-corrected chi connectivity index (χ4v) is 3.19. The summed E-state index contributed by atoms with van der Waals surface area (Å²) in [5.41, 5.74) is 2.43. The van der Waals surface area contributed by atoms with Gasteiger partial charge in [0, 0.05) is 23.4 Å². The fourth-order valence-electron chi connectivity index (χ4n) is 3.19. The molecule has 2 N–H and O–H groups in total. The molecule has 0 saturated heterocycles. The molecule has 7 nitrogen and oxygen atoms in total. The van der Waals surface area contributed by atoms with E-state index in [0.717, 1.165) is 17.0 Å². The van der Waals surface area contributed by atoms with E-state index >= 15 is 0 Å². The quantitative estimate of drug-likeness (QED) is 0.714. The number of fused-ring (bicyclic) bond motifs is 1. The highest BCUT2D eigenvalue weighted by molar-refractivity contribution is 6.06. The Hall–Kier alpha value is -3.61. The van der Waals surface area contributed by atoms with Gasteiger partial charge in [-0.25, -0.2) is 0 Å². The number of pyridine rings is 1. The number of hydrogen-bond donors (Lipinski definition) is 2. The van der Waals surface area contributed by atoms with Gasteiger partial charge in [0.15, 0.2) is 0 Å². The minimum atomic E-state index is -0.316. The maximum absolute atomic E-state index is 12.6. The largest absolute Gasteiger partial charge is 0.497 e. The molecule has 7 heteroatoms. The van der Waals surface area contributed by atoms with Crippen molar-refractivity contribution in [3.63, 3.8) is 0 Å². The molecule has 3 aromatic rings. The van der Waals surface area contributed by atoms with Gasteiger partial charge in [0.2, 0.25) is 5.56 Å². The summed E-state index contributed by atoms with van der Waals surface area (Å²) in [5.74, 6) is 0.459. The van der Waals surface area contributed by atoms with Gasteiger partial charge >= 0.3 is 0 Å². The number of ether oxygens (including phenoxy) is 1. The molecule has 0 saturated carbocycles. The van der Waals surface area contributed by atoms with E-state index in [1.54, 1.807) is 19.2 Å². The number of rotatable bonds is 5. The van der Waals surface area contributed by atoms with Gasteiger partial charge < -0.3 is 19.9 Å². The standard InChI is InChI=1S/C21H19N3O4/c1-27-14-8-6-13(7-9-14)19-10-15(28-24-19)12-22-21(26)17-11-20(25)23-18-5-3-2-4-16(17)18/h2-9,11,15H,10,12H2,1H3,(H,22,26)(H,23,25). The van der Waals surface area contributed by atoms with Crippen LogP contribution in [0.3, 0.4) is 0 Å². The number of aromatic amines is 1. The van der Waals surface area contributed by atoms with Crippen molar-refractivity contribution in [2.75, 3.05) is 13.7 Å². The molecule has 1 atom stereocenters. The Kier molecular flexibility index (Phi) is 4.80. The lowest BCUT2D eigenvalue weighted by atomic mass is 10.0. The first-order chi connectivity index (χ1) is 13.6. The van der Waals surface area contributed by atoms with Crippen molar-refractivity contribution in [3.8, 4) is 5.75 Å². The summed E-state index contributed by atoms with van der Waals surface area (Å²) in [6, 6.07) is 16.1. The molecule has 1 aromatic heterocycles. The molecular weight excluding hydrogens is 358 g/mol. The van der Waals surface area contributed by atoms with Gasteiger partial charge in [-0.2, -0.15) is 0 Å². The molecule has 1 aliphatic rings. The minimum absolute atomic E-state index is 0.255. The van der Waals surface area contributed by atoms with Crippen molar-refractivity contribution in [1.29, 1.82) is 0 Å². The number of hydrogen-bond acceptors (Lipinski definition) is 5. The molecule has 0 spiro atoms. The number of carbonyl (C=O) groups excluding carboxylic acids is 1. The predicted molar refractivity (Wildman–Crippen MR) is 106 cm³/mol. The Bertz CT molecular complexity index is 1100. The molecule has 28 heavy (non-hydrogen) atoms. The van der Waals surface area contributed by atoms with Crippen LogP contribution in [0.1, 0.15) is 22.3 Å². The number of amides is 1. The normalized spacial score (nSPS) is 15.8. The molecule has 0 radical (unpaired) electrons. The minimum Gasteiger partial charge on any atom is -0.497 e. The van der Waals surface area contributed by atoms with Crippen LogP contribution < -0.4 is 15.6 Å². The number of H-pyrrole nitrogens is 1. The van der Waals surface area contributed by atoms with E-state index in [9.17, 15) is 9.59 Å². The fraction of sp³-hybridized carbons (Fsp3) is 0.190. The number of aromatic nitrogens is 1. The summed E-state index contributed by atoms with van der Waals surface area (Å²) >= 11 is 0. The summed E-state index contributed by atoms with van der Waals surface area (Å²) in [5, 5.41) is 7.66. The summed E-state index contributed by atoms with van der Waals surface area (Å²) < 4.78 is 5.16. The average Bonchev–Trinajstić information content (AvgIpc) is 3.20. The van der Waals surface area contributed by atoms with Gasteiger partial charge in [-0.05, 0) is 35.9 Å². The van der Waals surface area contributed by atoms with Crippen molar-refractivity contribution in [2.45, 2.75) is 12.5 Å². The molecule has 1 unspecified atom stereocenters. The van der Waals surface area contributed by atoms with E-state index in [-0.39, 0.29) is 17.6 Å². The Labute approximate surface area is 161 Å². The maximum Gasteiger partial charge on any atom is 0.252 e. The van der Waals surface area contributed by atoms with E-state index < -0.39 is 0 Å². The first-order valence-electron chi connectivity index (χ1n) is 8.91. The number of para-hydroxylation sites is 1. The molecule has 0 aliphatic carbocycles. The molecule has 2 heterocycles. The third-order valence-electron chi connectivity index (χ3n) is 4.64. The highest BCUT2D eigenvalue weighted by Gasteiger charge is 2.23. The van der Waals surface area contributed by atoms with E-state index in [0.29, 0.717) is 29.4 Å². The lowest BCUT2D eigenvalue weighted by Crippen LogP contribution is -2.33. The van der Waals surface area contributed by atoms with Crippen LogP contribution in [-0.2, 0) is 4.84 Å². The van der Waals surface area contributed by atoms with Crippen LogP contribution in [0.4, 0.5) is 0 Å². The Morgan fingerprint density at radius 1 is 1.25 bits per heavy atom. The smallest absolute Gasteiger partial charge is 0.252 e. The molecule has 1 aliphatic heterocycles. The van der Waals surface area contributed by atoms with Gasteiger partial charge in [0.25, 0.3) is 5.91 Å². The van der Waals surface area contributed by atoms with E-state index in [2.05, 4.69) is 15.5 Å². The van der Waals surface area contributed by atoms with Gasteiger partial charge in [0.05, 0.1) is 24.9 Å². The van der Waals surface area contributed by atoms with E-state index in [4.69, 9.17) is 9.57 Å². The third kappa shape index (κ3) is 3.59. The molecular formula is C21H19N3O4. The SMILES string of the molecule is COc1ccc(C2=NOC(CNC(=O)c3cc(=O)[nH]c4ccccc34)C2)cc1. The zero-order valence-electron chi connectivity index (χ0n) is 15.3. The second-order valence-corrected chi connectivity index (χ2v) is 6.50. The maximum atomic E-state index is 12.6. The van der Waals surface area contributed by atoms with Crippen LogP contribution in [0.2, 0.25) is 0 Å². The summed E-state index contributed by atoms with van der Waals surface area (Å²) in [6.07, 6.45) is 0.331. The molecule has 2 aromatic carbocycles. The first-order valence-corrected chi connectivity index (χ1v) is 8.91. The van der Waals surface area contributed by atoms with Crippen LogP contribution in [0.25, 0.3) is 10.9 Å². The molecule has 142 valence electrons. The summed E-state index contributed by atoms with van der Waals surface area (Å²) in [6.45, 7) is 0.295. The number of carbonyl (C=O) groups is 1. The second kappa shape index (κ2) is 7.56. The van der Waals surface area contributed by atoms with Crippen LogP contribution in [0.15, 0.2) is 64.5 Å². The number of nitrogens with one attached hydrogen (secondary N) is 2. The molecule has 0 bridgehead atoms. The Morgan fingerprint density at radius 2 is 2.04 bits per heavy atom. The van der Waals surface area contributed by atoms with Crippen molar-refractivity contribution in [1.82, 2.24) is 10.3 Å². The highest BCUT2D eigenvalue weighted by Crippen LogP contribution is 2.19. The third-order valence-corrected chi connectivity index (χ3v) is 4.64. The van der Waals surface area contributed by atoms with Crippen molar-refractivity contribution >= 4 is 22.5 Å². The number of nitrogens with zero attached hydrogens (tertiary/aromatic N) is 1. The van der Waals surface area contributed by atoms with E-state index in [1.165, 1.54) is 6.07 Å². The van der Waals surface area contributed by atoms with Gasteiger partial charge in [-0.3, -0.25) is 9.59 Å². The second-order valence-electron chi connectivity index (χ2n) is 6.50. The monoisotopic (exact) mass is 377 g/mol. The van der Waals surface area contributed by atoms with Crippen LogP contribution in [0.5, 0.6) is 5.75 Å². The molecule has 0 fully saturated rings. The van der Waals surface area contributed by atoms with Gasteiger partial charge in [-0.15, -0.1) is 0 Å². The summed E-state index contributed by atoms with van der Waals surface area (Å²) in [7, 11) is 1.62. The van der Waals surface area contributed by atoms with Crippen molar-refractivity contribution < 1.29 is 14.4 Å². The number of methoxy groups -OCH3 is 1. The zero-order chi connectivity index (χ0) is 19.5. The van der Waals surface area contributed by atoms with Crippen molar-refractivity contribution in [3.05, 3.63) is 76.1 Å². The first kappa shape index (κ1) is 17.8. The van der Waals surface area contributed by atoms with Gasteiger partial charge in [-0.1, -0.05) is 23.4 Å². The highest BCUT2D eigenvalue weighted by atomic mass is 16.6. The topological polar surface area (TPSA) is 92.8 Å². The zero-order valence-corrected chi connectivity index (χ0v) is 15.3. The predicted octanol–water partition coefficient (Wildman–Crippen LogP) is 2.46. The number of oxime groups is 1. The van der Waals surface area contributed by atoms with Crippen molar-refractivity contribution in [2.24, 2.45) is 5.16 Å². The van der Waals surface area contributed by atoms with E-state index in [1.807, 2.05) is 36.4 Å². The Morgan fingerprint density at radius 3 is 2.82 bits per heavy atom. The van der Waals surface area contributed by atoms with Gasteiger partial charge in [0.1, 0.15) is 11.9 Å². The molecule has 1 amide bonds. The Balaban J connectivity index is 1.41. The van der Waals surface area contributed by atoms with Crippen LogP contribution in [-0.4, -0.2) is 36.4 Å². The summed E-state index contributed by atoms with van der Waals surface area (Å²) in [4.78, 5) is 32.6. The average molecular weight is 377 g/mol. The lowest BCUT2D eigenvalue weighted by Gasteiger charge is -2.11.